The third kappa shape index (κ3) is 5.04. The fourth-order valence-corrected chi connectivity index (χ4v) is 2.25. The summed E-state index contributed by atoms with van der Waals surface area (Å²) < 4.78 is 19.3. The van der Waals surface area contributed by atoms with Gasteiger partial charge in [0.05, 0.1) is 5.56 Å². The SMILES string of the molecule is CC(=O)c1c(F)cccc1NCc1cccc(OCC(=O)N(C)C)c1. The first kappa shape index (κ1) is 18.4. The van der Waals surface area contributed by atoms with Crippen molar-refractivity contribution in [2.45, 2.75) is 13.5 Å². The van der Waals surface area contributed by atoms with E-state index < -0.39 is 5.82 Å². The van der Waals surface area contributed by atoms with E-state index in [1.807, 2.05) is 12.1 Å². The van der Waals surface area contributed by atoms with Gasteiger partial charge in [-0.1, -0.05) is 18.2 Å². The molecule has 0 aliphatic carbocycles. The quantitative estimate of drug-likeness (QED) is 0.784. The van der Waals surface area contributed by atoms with Crippen LogP contribution in [-0.2, 0) is 11.3 Å². The van der Waals surface area contributed by atoms with Crippen LogP contribution in [0.4, 0.5) is 10.1 Å². The Morgan fingerprint density at radius 1 is 1.16 bits per heavy atom. The molecule has 0 aliphatic heterocycles. The number of carbonyl (C=O) groups is 2. The summed E-state index contributed by atoms with van der Waals surface area (Å²) in [5.74, 6) is -0.438. The van der Waals surface area contributed by atoms with Gasteiger partial charge < -0.3 is 15.0 Å². The minimum atomic E-state index is -0.545. The van der Waals surface area contributed by atoms with Crippen molar-refractivity contribution in [3.63, 3.8) is 0 Å². The van der Waals surface area contributed by atoms with Crippen LogP contribution < -0.4 is 10.1 Å². The van der Waals surface area contributed by atoms with Crippen molar-refractivity contribution < 1.29 is 18.7 Å². The first-order valence-electron chi connectivity index (χ1n) is 7.83. The van der Waals surface area contributed by atoms with E-state index in [1.54, 1.807) is 38.4 Å². The van der Waals surface area contributed by atoms with Gasteiger partial charge in [-0.3, -0.25) is 9.59 Å². The molecule has 0 unspecified atom stereocenters. The predicted molar refractivity (Wildman–Crippen MR) is 94.4 cm³/mol. The minimum absolute atomic E-state index is 0.0394. The van der Waals surface area contributed by atoms with E-state index in [4.69, 9.17) is 4.74 Å². The number of nitrogens with one attached hydrogen (secondary N) is 1. The second-order valence-corrected chi connectivity index (χ2v) is 5.80. The molecule has 0 saturated heterocycles. The Bertz CT molecular complexity index is 775. The lowest BCUT2D eigenvalue weighted by atomic mass is 10.1. The molecule has 132 valence electrons. The number of Topliss-reactive ketones (excluding diaryl/α,β-unsaturated/α-hetero) is 1. The van der Waals surface area contributed by atoms with Gasteiger partial charge in [-0.15, -0.1) is 0 Å². The van der Waals surface area contributed by atoms with Gasteiger partial charge in [-0.2, -0.15) is 0 Å². The summed E-state index contributed by atoms with van der Waals surface area (Å²) >= 11 is 0. The number of carbonyl (C=O) groups excluding carboxylic acids is 2. The zero-order valence-electron chi connectivity index (χ0n) is 14.5. The summed E-state index contributed by atoms with van der Waals surface area (Å²) in [4.78, 5) is 24.6. The van der Waals surface area contributed by atoms with Crippen LogP contribution in [0.1, 0.15) is 22.8 Å². The maximum absolute atomic E-state index is 13.8. The number of benzene rings is 2. The number of hydrogen-bond acceptors (Lipinski definition) is 4. The van der Waals surface area contributed by atoms with Gasteiger partial charge >= 0.3 is 0 Å². The number of anilines is 1. The molecule has 1 amide bonds. The molecule has 0 heterocycles. The summed E-state index contributed by atoms with van der Waals surface area (Å²) in [5, 5.41) is 3.07. The van der Waals surface area contributed by atoms with Crippen LogP contribution in [0.5, 0.6) is 5.75 Å². The molecule has 0 aromatic heterocycles. The Kier molecular flexibility index (Phi) is 6.11. The lowest BCUT2D eigenvalue weighted by Crippen LogP contribution is -2.27. The van der Waals surface area contributed by atoms with Gasteiger partial charge in [0.15, 0.2) is 12.4 Å². The largest absolute Gasteiger partial charge is 0.484 e. The van der Waals surface area contributed by atoms with Crippen molar-refractivity contribution in [2.24, 2.45) is 0 Å². The Morgan fingerprint density at radius 2 is 1.88 bits per heavy atom. The maximum Gasteiger partial charge on any atom is 0.259 e. The first-order chi connectivity index (χ1) is 11.9. The average Bonchev–Trinajstić information content (AvgIpc) is 2.57. The molecule has 0 radical (unpaired) electrons. The van der Waals surface area contributed by atoms with Gasteiger partial charge in [0, 0.05) is 26.3 Å². The number of likely N-dealkylation sites (N-methyl/N-ethyl adjacent to an activating group) is 1. The molecule has 2 aromatic carbocycles. The van der Waals surface area contributed by atoms with Crippen LogP contribution in [-0.4, -0.2) is 37.3 Å². The molecule has 5 nitrogen and oxygen atoms in total. The second kappa shape index (κ2) is 8.28. The minimum Gasteiger partial charge on any atom is -0.484 e. The molecule has 1 N–H and O–H groups in total. The maximum atomic E-state index is 13.8. The molecule has 0 spiro atoms. The normalized spacial score (nSPS) is 10.2. The highest BCUT2D eigenvalue weighted by molar-refractivity contribution is 5.99. The van der Waals surface area contributed by atoms with Gasteiger partial charge in [0.25, 0.3) is 5.91 Å². The van der Waals surface area contributed by atoms with Crippen molar-refractivity contribution in [3.05, 3.63) is 59.4 Å². The Hall–Kier alpha value is -2.89. The third-order valence-corrected chi connectivity index (χ3v) is 3.61. The fraction of sp³-hybridized carbons (Fsp3) is 0.263. The highest BCUT2D eigenvalue weighted by atomic mass is 19.1. The third-order valence-electron chi connectivity index (χ3n) is 3.61. The lowest BCUT2D eigenvalue weighted by Gasteiger charge is -2.13. The Labute approximate surface area is 146 Å². The van der Waals surface area contributed by atoms with Gasteiger partial charge in [-0.05, 0) is 36.8 Å². The molecule has 0 saturated carbocycles. The monoisotopic (exact) mass is 344 g/mol. The summed E-state index contributed by atoms with van der Waals surface area (Å²) in [6.45, 7) is 1.69. The number of amides is 1. The van der Waals surface area contributed by atoms with Crippen molar-refractivity contribution in [2.75, 3.05) is 26.0 Å². The number of hydrogen-bond donors (Lipinski definition) is 1. The van der Waals surface area contributed by atoms with E-state index in [2.05, 4.69) is 5.32 Å². The topological polar surface area (TPSA) is 58.6 Å². The van der Waals surface area contributed by atoms with Gasteiger partial charge in [0.2, 0.25) is 0 Å². The number of halogens is 1. The number of rotatable bonds is 7. The fourth-order valence-electron chi connectivity index (χ4n) is 2.25. The van der Waals surface area contributed by atoms with E-state index in [9.17, 15) is 14.0 Å². The number of nitrogens with zero attached hydrogens (tertiary/aromatic N) is 1. The van der Waals surface area contributed by atoms with E-state index >= 15 is 0 Å². The molecular formula is C19H21FN2O3. The lowest BCUT2D eigenvalue weighted by molar-refractivity contribution is -0.130. The zero-order valence-corrected chi connectivity index (χ0v) is 14.5. The predicted octanol–water partition coefficient (Wildman–Crippen LogP) is 3.11. The van der Waals surface area contributed by atoms with Crippen LogP contribution in [0.2, 0.25) is 0 Å². The number of ether oxygens (including phenoxy) is 1. The second-order valence-electron chi connectivity index (χ2n) is 5.80. The molecule has 0 aliphatic rings. The van der Waals surface area contributed by atoms with Crippen molar-refractivity contribution >= 4 is 17.4 Å². The highest BCUT2D eigenvalue weighted by Crippen LogP contribution is 2.21. The van der Waals surface area contributed by atoms with Gasteiger partial charge in [0.1, 0.15) is 11.6 Å². The summed E-state index contributed by atoms with van der Waals surface area (Å²) in [7, 11) is 3.33. The van der Waals surface area contributed by atoms with Crippen LogP contribution in [0.15, 0.2) is 42.5 Å². The molecule has 6 heteroatoms. The van der Waals surface area contributed by atoms with E-state index in [0.717, 1.165) is 5.56 Å². The van der Waals surface area contributed by atoms with Crippen LogP contribution in [0.25, 0.3) is 0 Å². The smallest absolute Gasteiger partial charge is 0.259 e. The average molecular weight is 344 g/mol. The van der Waals surface area contributed by atoms with Crippen LogP contribution in [0.3, 0.4) is 0 Å². The molecule has 0 fully saturated rings. The van der Waals surface area contributed by atoms with E-state index in [0.29, 0.717) is 18.0 Å². The Balaban J connectivity index is 2.05. The van der Waals surface area contributed by atoms with Crippen molar-refractivity contribution in [1.29, 1.82) is 0 Å². The zero-order chi connectivity index (χ0) is 18.4. The molecule has 2 aromatic rings. The van der Waals surface area contributed by atoms with Crippen molar-refractivity contribution in [1.82, 2.24) is 4.90 Å². The Morgan fingerprint density at radius 3 is 2.56 bits per heavy atom. The van der Waals surface area contributed by atoms with E-state index in [-0.39, 0.29) is 23.9 Å². The first-order valence-corrected chi connectivity index (χ1v) is 7.83. The van der Waals surface area contributed by atoms with Gasteiger partial charge in [-0.25, -0.2) is 4.39 Å². The standard InChI is InChI=1S/C19H21FN2O3/c1-13(23)19-16(20)8-5-9-17(19)21-11-14-6-4-7-15(10-14)25-12-18(24)22(2)3/h4-10,21H,11-12H2,1-3H3. The molecular weight excluding hydrogens is 323 g/mol. The van der Waals surface area contributed by atoms with Crippen LogP contribution >= 0.6 is 0 Å². The highest BCUT2D eigenvalue weighted by Gasteiger charge is 2.12. The summed E-state index contributed by atoms with van der Waals surface area (Å²) in [6, 6.07) is 11.7. The van der Waals surface area contributed by atoms with Crippen molar-refractivity contribution in [3.8, 4) is 5.75 Å². The number of ketones is 1. The molecule has 2 rings (SSSR count). The molecule has 0 atom stereocenters. The molecule has 25 heavy (non-hydrogen) atoms. The summed E-state index contributed by atoms with van der Waals surface area (Å²) in [5.41, 5.74) is 1.38. The summed E-state index contributed by atoms with van der Waals surface area (Å²) in [6.07, 6.45) is 0. The van der Waals surface area contributed by atoms with Crippen LogP contribution in [0, 0.1) is 5.82 Å². The van der Waals surface area contributed by atoms with E-state index in [1.165, 1.54) is 17.9 Å². The molecule has 0 bridgehead atoms.